The minimum Gasteiger partial charge on any atom is -0.469 e. The van der Waals surface area contributed by atoms with Gasteiger partial charge in [0.1, 0.15) is 5.76 Å². The Kier molecular flexibility index (Phi) is 3.20. The number of rotatable bonds is 3. The predicted molar refractivity (Wildman–Crippen MR) is 68.8 cm³/mol. The number of hydrogen-bond donors (Lipinski definition) is 0. The molecule has 1 aliphatic carbocycles. The number of nitrogens with zero attached hydrogens (tertiary/aromatic N) is 1. The third kappa shape index (κ3) is 2.10. The Balaban J connectivity index is 1.71. The van der Waals surface area contributed by atoms with E-state index in [0.717, 1.165) is 37.9 Å². The number of furan rings is 1. The fourth-order valence-electron chi connectivity index (χ4n) is 3.11. The molecule has 3 rings (SSSR count). The maximum absolute atomic E-state index is 12.4. The molecule has 1 saturated heterocycles. The lowest BCUT2D eigenvalue weighted by molar-refractivity contribution is 0.439. The van der Waals surface area contributed by atoms with Crippen LogP contribution in [0.5, 0.6) is 0 Å². The lowest BCUT2D eigenvalue weighted by Crippen LogP contribution is -2.35. The molecule has 2 heterocycles. The molecule has 2 fully saturated rings. The summed E-state index contributed by atoms with van der Waals surface area (Å²) in [5.74, 6) is 1.15. The van der Waals surface area contributed by atoms with E-state index in [-0.39, 0.29) is 11.2 Å². The van der Waals surface area contributed by atoms with Crippen LogP contribution in [-0.4, -0.2) is 31.1 Å². The molecule has 1 aromatic heterocycles. The molecule has 0 aromatic carbocycles. The molecule has 1 saturated carbocycles. The summed E-state index contributed by atoms with van der Waals surface area (Å²) in [4.78, 5) is 0. The Morgan fingerprint density at radius 3 is 2.67 bits per heavy atom. The highest BCUT2D eigenvalue weighted by atomic mass is 32.2. The minimum atomic E-state index is -3.07. The third-order valence-electron chi connectivity index (χ3n) is 4.18. The fraction of sp³-hybridized carbons (Fsp3) is 0.692. The van der Waals surface area contributed by atoms with Crippen LogP contribution in [0.25, 0.3) is 0 Å². The van der Waals surface area contributed by atoms with Crippen LogP contribution in [-0.2, 0) is 10.0 Å². The summed E-state index contributed by atoms with van der Waals surface area (Å²) in [5.41, 5.74) is 0. The first-order valence-electron chi connectivity index (χ1n) is 6.70. The molecule has 4 nitrogen and oxygen atoms in total. The molecule has 0 radical (unpaired) electrons. The smallest absolute Gasteiger partial charge is 0.217 e. The van der Waals surface area contributed by atoms with Crippen LogP contribution in [0.4, 0.5) is 0 Å². The summed E-state index contributed by atoms with van der Waals surface area (Å²) in [6.07, 6.45) is 6.32. The maximum atomic E-state index is 12.4. The zero-order valence-corrected chi connectivity index (χ0v) is 11.2. The molecular weight excluding hydrogens is 250 g/mol. The minimum absolute atomic E-state index is 0.132. The average molecular weight is 269 g/mol. The molecule has 0 spiro atoms. The second-order valence-corrected chi connectivity index (χ2v) is 7.52. The van der Waals surface area contributed by atoms with Crippen LogP contribution in [0, 0.1) is 0 Å². The zero-order valence-electron chi connectivity index (χ0n) is 10.4. The van der Waals surface area contributed by atoms with Crippen molar-refractivity contribution in [2.24, 2.45) is 0 Å². The predicted octanol–water partition coefficient (Wildman–Crippen LogP) is 2.34. The van der Waals surface area contributed by atoms with Crippen LogP contribution in [0.15, 0.2) is 22.8 Å². The Hall–Kier alpha value is -0.810. The van der Waals surface area contributed by atoms with Crippen molar-refractivity contribution in [3.63, 3.8) is 0 Å². The number of sulfonamides is 1. The maximum Gasteiger partial charge on any atom is 0.217 e. The van der Waals surface area contributed by atoms with Gasteiger partial charge in [0.25, 0.3) is 0 Å². The first-order chi connectivity index (χ1) is 8.68. The van der Waals surface area contributed by atoms with E-state index in [1.807, 2.05) is 12.1 Å². The van der Waals surface area contributed by atoms with Gasteiger partial charge in [0.15, 0.2) is 0 Å². The normalized spacial score (nSPS) is 27.0. The molecule has 0 amide bonds. The van der Waals surface area contributed by atoms with Crippen molar-refractivity contribution in [1.29, 1.82) is 0 Å². The van der Waals surface area contributed by atoms with E-state index >= 15 is 0 Å². The van der Waals surface area contributed by atoms with Gasteiger partial charge < -0.3 is 4.42 Å². The first kappa shape index (κ1) is 12.2. The van der Waals surface area contributed by atoms with Crippen molar-refractivity contribution >= 4 is 10.0 Å². The molecule has 1 aliphatic heterocycles. The van der Waals surface area contributed by atoms with E-state index in [1.54, 1.807) is 10.6 Å². The van der Waals surface area contributed by atoms with Gasteiger partial charge in [0, 0.05) is 19.0 Å². The second kappa shape index (κ2) is 4.70. The van der Waals surface area contributed by atoms with Gasteiger partial charge in [-0.1, -0.05) is 12.8 Å². The molecule has 1 aromatic rings. The molecule has 0 N–H and O–H groups in total. The van der Waals surface area contributed by atoms with Gasteiger partial charge in [0.05, 0.1) is 11.5 Å². The summed E-state index contributed by atoms with van der Waals surface area (Å²) < 4.78 is 32.0. The third-order valence-corrected chi connectivity index (χ3v) is 6.55. The topological polar surface area (TPSA) is 50.5 Å². The summed E-state index contributed by atoms with van der Waals surface area (Å²) in [7, 11) is -3.07. The van der Waals surface area contributed by atoms with Crippen LogP contribution >= 0.6 is 0 Å². The highest BCUT2D eigenvalue weighted by molar-refractivity contribution is 7.89. The van der Waals surface area contributed by atoms with E-state index in [4.69, 9.17) is 4.42 Å². The van der Waals surface area contributed by atoms with Gasteiger partial charge in [-0.2, -0.15) is 0 Å². The van der Waals surface area contributed by atoms with Crippen molar-refractivity contribution in [3.8, 4) is 0 Å². The van der Waals surface area contributed by atoms with E-state index in [0.29, 0.717) is 13.1 Å². The van der Waals surface area contributed by atoms with E-state index in [9.17, 15) is 8.42 Å². The van der Waals surface area contributed by atoms with Crippen LogP contribution < -0.4 is 0 Å². The quantitative estimate of drug-likeness (QED) is 0.846. The Labute approximate surface area is 108 Å². The van der Waals surface area contributed by atoms with Crippen LogP contribution in [0.3, 0.4) is 0 Å². The van der Waals surface area contributed by atoms with Gasteiger partial charge in [-0.05, 0) is 31.4 Å². The molecular formula is C13H19NO3S. The Morgan fingerprint density at radius 2 is 2.00 bits per heavy atom. The fourth-order valence-corrected chi connectivity index (χ4v) is 5.21. The van der Waals surface area contributed by atoms with E-state index < -0.39 is 10.0 Å². The first-order valence-corrected chi connectivity index (χ1v) is 8.20. The largest absolute Gasteiger partial charge is 0.469 e. The highest BCUT2D eigenvalue weighted by Crippen LogP contribution is 2.33. The van der Waals surface area contributed by atoms with Crippen molar-refractivity contribution in [3.05, 3.63) is 24.2 Å². The lowest BCUT2D eigenvalue weighted by Gasteiger charge is -2.20. The molecule has 1 atom stereocenters. The highest BCUT2D eigenvalue weighted by Gasteiger charge is 2.38. The standard InChI is InChI=1S/C13H19NO3S/c15-18(16,12-4-1-2-5-12)14-8-7-11(10-14)13-6-3-9-17-13/h3,6,9,11-12H,1-2,4-5,7-8,10H2. The summed E-state index contributed by atoms with van der Waals surface area (Å²) in [6, 6.07) is 3.81. The second-order valence-electron chi connectivity index (χ2n) is 5.31. The zero-order chi connectivity index (χ0) is 12.6. The molecule has 0 bridgehead atoms. The SMILES string of the molecule is O=S(=O)(C1CCCC1)N1CCC(c2ccco2)C1. The summed E-state index contributed by atoms with van der Waals surface area (Å²) >= 11 is 0. The van der Waals surface area contributed by atoms with Crippen molar-refractivity contribution in [1.82, 2.24) is 4.31 Å². The van der Waals surface area contributed by atoms with Crippen molar-refractivity contribution in [2.75, 3.05) is 13.1 Å². The summed E-state index contributed by atoms with van der Waals surface area (Å²) in [5, 5.41) is -0.132. The molecule has 5 heteroatoms. The molecule has 2 aliphatic rings. The molecule has 100 valence electrons. The molecule has 1 unspecified atom stereocenters. The monoisotopic (exact) mass is 269 g/mol. The Morgan fingerprint density at radius 1 is 1.22 bits per heavy atom. The van der Waals surface area contributed by atoms with E-state index in [2.05, 4.69) is 0 Å². The van der Waals surface area contributed by atoms with Gasteiger partial charge in [-0.3, -0.25) is 0 Å². The van der Waals surface area contributed by atoms with Crippen molar-refractivity contribution < 1.29 is 12.8 Å². The van der Waals surface area contributed by atoms with Crippen LogP contribution in [0.1, 0.15) is 43.8 Å². The van der Waals surface area contributed by atoms with Gasteiger partial charge >= 0.3 is 0 Å². The van der Waals surface area contributed by atoms with Crippen LogP contribution in [0.2, 0.25) is 0 Å². The summed E-state index contributed by atoms with van der Waals surface area (Å²) in [6.45, 7) is 1.23. The average Bonchev–Trinajstić information content (AvgIpc) is 3.12. The molecule has 18 heavy (non-hydrogen) atoms. The van der Waals surface area contributed by atoms with E-state index in [1.165, 1.54) is 0 Å². The van der Waals surface area contributed by atoms with Gasteiger partial charge in [0.2, 0.25) is 10.0 Å². The van der Waals surface area contributed by atoms with Crippen molar-refractivity contribution in [2.45, 2.75) is 43.3 Å². The van der Waals surface area contributed by atoms with Gasteiger partial charge in [-0.25, -0.2) is 12.7 Å². The number of hydrogen-bond acceptors (Lipinski definition) is 3. The lowest BCUT2D eigenvalue weighted by atomic mass is 10.1. The Bertz CT molecular complexity index is 488. The van der Waals surface area contributed by atoms with Gasteiger partial charge in [-0.15, -0.1) is 0 Å².